The van der Waals surface area contributed by atoms with Gasteiger partial charge in [-0.25, -0.2) is 4.68 Å². The van der Waals surface area contributed by atoms with Crippen molar-refractivity contribution in [3.8, 4) is 5.75 Å². The molecule has 0 N–H and O–H groups in total. The van der Waals surface area contributed by atoms with Crippen LogP contribution in [0.2, 0.25) is 0 Å². The molecule has 2 aromatic rings. The van der Waals surface area contributed by atoms with Crippen LogP contribution < -0.4 is 4.74 Å². The maximum absolute atomic E-state index is 12.4. The van der Waals surface area contributed by atoms with Crippen LogP contribution in [0.25, 0.3) is 0 Å². The first-order valence-corrected chi connectivity index (χ1v) is 8.43. The number of methoxy groups -OCH3 is 1. The zero-order valence-electron chi connectivity index (χ0n) is 12.8. The second-order valence-electron chi connectivity index (χ2n) is 5.19. The number of carbonyl (C=O) groups is 1. The van der Waals surface area contributed by atoms with E-state index in [1.54, 1.807) is 23.9 Å². The Morgan fingerprint density at radius 2 is 2.35 bits per heavy atom. The number of benzene rings is 1. The third-order valence-electron chi connectivity index (χ3n) is 3.64. The zero-order chi connectivity index (χ0) is 16.1. The van der Waals surface area contributed by atoms with Gasteiger partial charge in [-0.2, -0.15) is 0 Å². The van der Waals surface area contributed by atoms with Crippen LogP contribution >= 0.6 is 11.8 Å². The van der Waals surface area contributed by atoms with Crippen molar-refractivity contribution in [2.45, 2.75) is 30.6 Å². The third kappa shape index (κ3) is 3.89. The van der Waals surface area contributed by atoms with E-state index >= 15 is 0 Å². The minimum Gasteiger partial charge on any atom is -0.496 e. The molecule has 0 bridgehead atoms. The minimum atomic E-state index is -0.0147. The number of ether oxygens (including phenoxy) is 2. The summed E-state index contributed by atoms with van der Waals surface area (Å²) in [4.78, 5) is 12.4. The molecule has 1 aliphatic rings. The summed E-state index contributed by atoms with van der Waals surface area (Å²) in [5.41, 5.74) is 0.570. The number of ketones is 1. The lowest BCUT2D eigenvalue weighted by Gasteiger charge is -2.10. The highest BCUT2D eigenvalue weighted by molar-refractivity contribution is 7.99. The molecule has 1 fully saturated rings. The molecule has 0 spiro atoms. The van der Waals surface area contributed by atoms with Crippen molar-refractivity contribution in [2.24, 2.45) is 0 Å². The molecule has 1 saturated heterocycles. The summed E-state index contributed by atoms with van der Waals surface area (Å²) < 4.78 is 12.5. The van der Waals surface area contributed by atoms with Crippen LogP contribution in [-0.2, 0) is 11.3 Å². The molecule has 1 atom stereocenters. The van der Waals surface area contributed by atoms with Gasteiger partial charge in [0.1, 0.15) is 5.75 Å². The van der Waals surface area contributed by atoms with Gasteiger partial charge in [0.05, 0.1) is 31.1 Å². The van der Waals surface area contributed by atoms with Gasteiger partial charge in [-0.1, -0.05) is 23.9 Å². The number of hydrogen-bond donors (Lipinski definition) is 0. The molecule has 8 heteroatoms. The van der Waals surface area contributed by atoms with Crippen LogP contribution in [0.5, 0.6) is 5.75 Å². The van der Waals surface area contributed by atoms with Crippen molar-refractivity contribution in [3.63, 3.8) is 0 Å². The Bertz CT molecular complexity index is 670. The number of tetrazole rings is 1. The van der Waals surface area contributed by atoms with Gasteiger partial charge in [-0.05, 0) is 35.4 Å². The predicted molar refractivity (Wildman–Crippen MR) is 84.8 cm³/mol. The molecule has 0 amide bonds. The molecule has 0 aliphatic carbocycles. The standard InChI is InChI=1S/C15H18N4O3S/c1-21-14-7-3-2-6-12(14)13(20)10-23-15-16-17-18-19(15)9-11-5-4-8-22-11/h2-3,6-7,11H,4-5,8-10H2,1H3. The van der Waals surface area contributed by atoms with Gasteiger partial charge in [-0.3, -0.25) is 4.79 Å². The van der Waals surface area contributed by atoms with Crippen molar-refractivity contribution >= 4 is 17.5 Å². The second kappa shape index (κ2) is 7.56. The second-order valence-corrected chi connectivity index (χ2v) is 6.13. The smallest absolute Gasteiger partial charge is 0.209 e. The average molecular weight is 334 g/mol. The molecule has 7 nitrogen and oxygen atoms in total. The number of para-hydroxylation sites is 1. The fourth-order valence-corrected chi connectivity index (χ4v) is 3.25. The molecule has 1 aromatic heterocycles. The molecule has 23 heavy (non-hydrogen) atoms. The van der Waals surface area contributed by atoms with E-state index in [0.29, 0.717) is 23.0 Å². The highest BCUT2D eigenvalue weighted by Gasteiger charge is 2.20. The molecule has 0 radical (unpaired) electrons. The largest absolute Gasteiger partial charge is 0.496 e. The van der Waals surface area contributed by atoms with Gasteiger partial charge < -0.3 is 9.47 Å². The number of aromatic nitrogens is 4. The van der Waals surface area contributed by atoms with Gasteiger partial charge >= 0.3 is 0 Å². The van der Waals surface area contributed by atoms with Crippen LogP contribution in [0.4, 0.5) is 0 Å². The number of hydrogen-bond acceptors (Lipinski definition) is 7. The SMILES string of the molecule is COc1ccccc1C(=O)CSc1nnnn1CC1CCCO1. The summed E-state index contributed by atoms with van der Waals surface area (Å²) in [5, 5.41) is 12.3. The summed E-state index contributed by atoms with van der Waals surface area (Å²) in [6.07, 6.45) is 2.24. The maximum Gasteiger partial charge on any atom is 0.209 e. The quantitative estimate of drug-likeness (QED) is 0.564. The van der Waals surface area contributed by atoms with E-state index in [9.17, 15) is 4.79 Å². The summed E-state index contributed by atoms with van der Waals surface area (Å²) in [5.74, 6) is 0.822. The van der Waals surface area contributed by atoms with Crippen LogP contribution in [0.1, 0.15) is 23.2 Å². The Labute approximate surface area is 138 Å². The summed E-state index contributed by atoms with van der Waals surface area (Å²) in [6.45, 7) is 1.42. The molecule has 2 heterocycles. The Balaban J connectivity index is 1.62. The maximum atomic E-state index is 12.4. The normalized spacial score (nSPS) is 17.3. The van der Waals surface area contributed by atoms with Crippen molar-refractivity contribution in [1.29, 1.82) is 0 Å². The molecule has 0 saturated carbocycles. The number of Topliss-reactive ketones (excluding diaryl/α,β-unsaturated/α-hetero) is 1. The lowest BCUT2D eigenvalue weighted by Crippen LogP contribution is -2.17. The van der Waals surface area contributed by atoms with Crippen molar-refractivity contribution < 1.29 is 14.3 Å². The number of carbonyl (C=O) groups excluding carboxylic acids is 1. The first-order chi connectivity index (χ1) is 11.3. The Morgan fingerprint density at radius 3 is 3.13 bits per heavy atom. The monoisotopic (exact) mass is 334 g/mol. The molecule has 1 unspecified atom stereocenters. The number of nitrogens with zero attached hydrogens (tertiary/aromatic N) is 4. The zero-order valence-corrected chi connectivity index (χ0v) is 13.7. The van der Waals surface area contributed by atoms with E-state index in [1.807, 2.05) is 12.1 Å². The fraction of sp³-hybridized carbons (Fsp3) is 0.467. The Hall–Kier alpha value is -1.93. The van der Waals surface area contributed by atoms with E-state index in [0.717, 1.165) is 19.4 Å². The van der Waals surface area contributed by atoms with Crippen molar-refractivity contribution in [2.75, 3.05) is 19.5 Å². The first kappa shape index (κ1) is 15.9. The average Bonchev–Trinajstić information content (AvgIpc) is 3.25. The third-order valence-corrected chi connectivity index (χ3v) is 4.60. The Kier molecular flexibility index (Phi) is 5.24. The predicted octanol–water partition coefficient (Wildman–Crippen LogP) is 1.84. The topological polar surface area (TPSA) is 79.1 Å². The lowest BCUT2D eigenvalue weighted by atomic mass is 10.1. The first-order valence-electron chi connectivity index (χ1n) is 7.44. The van der Waals surface area contributed by atoms with Gasteiger partial charge in [0.25, 0.3) is 0 Å². The van der Waals surface area contributed by atoms with Gasteiger partial charge in [-0.15, -0.1) is 5.10 Å². The van der Waals surface area contributed by atoms with Crippen LogP contribution in [0, 0.1) is 0 Å². The fourth-order valence-electron chi connectivity index (χ4n) is 2.48. The highest BCUT2D eigenvalue weighted by atomic mass is 32.2. The molecule has 3 rings (SSSR count). The number of thioether (sulfide) groups is 1. The van der Waals surface area contributed by atoms with Crippen LogP contribution in [-0.4, -0.2) is 51.6 Å². The van der Waals surface area contributed by atoms with E-state index in [1.165, 1.54) is 11.8 Å². The van der Waals surface area contributed by atoms with Gasteiger partial charge in [0.2, 0.25) is 5.16 Å². The molecule has 1 aromatic carbocycles. The highest BCUT2D eigenvalue weighted by Crippen LogP contribution is 2.23. The van der Waals surface area contributed by atoms with Crippen LogP contribution in [0.15, 0.2) is 29.4 Å². The minimum absolute atomic E-state index is 0.0147. The molecule has 122 valence electrons. The lowest BCUT2D eigenvalue weighted by molar-refractivity contribution is 0.0912. The summed E-state index contributed by atoms with van der Waals surface area (Å²) >= 11 is 1.33. The summed E-state index contributed by atoms with van der Waals surface area (Å²) in [7, 11) is 1.56. The van der Waals surface area contributed by atoms with Gasteiger partial charge in [0.15, 0.2) is 5.78 Å². The molecular weight excluding hydrogens is 316 g/mol. The van der Waals surface area contributed by atoms with E-state index in [2.05, 4.69) is 15.5 Å². The summed E-state index contributed by atoms with van der Waals surface area (Å²) in [6, 6.07) is 7.20. The van der Waals surface area contributed by atoms with Crippen molar-refractivity contribution in [3.05, 3.63) is 29.8 Å². The Morgan fingerprint density at radius 1 is 1.48 bits per heavy atom. The van der Waals surface area contributed by atoms with Gasteiger partial charge in [0, 0.05) is 6.61 Å². The molecule has 1 aliphatic heterocycles. The van der Waals surface area contributed by atoms with E-state index in [-0.39, 0.29) is 17.6 Å². The van der Waals surface area contributed by atoms with Crippen molar-refractivity contribution in [1.82, 2.24) is 20.2 Å². The van der Waals surface area contributed by atoms with E-state index in [4.69, 9.17) is 9.47 Å². The molecular formula is C15H18N4O3S. The van der Waals surface area contributed by atoms with Crippen LogP contribution in [0.3, 0.4) is 0 Å². The van der Waals surface area contributed by atoms with E-state index < -0.39 is 0 Å². The number of rotatable bonds is 7.